The molecule has 162 valence electrons. The second-order valence-corrected chi connectivity index (χ2v) is 7.78. The molecular formula is C22H17ClFN5O3. The first-order valence-electron chi connectivity index (χ1n) is 10.0. The van der Waals surface area contributed by atoms with Crippen LogP contribution in [0.25, 0.3) is 17.4 Å². The second kappa shape index (κ2) is 8.08. The van der Waals surface area contributed by atoms with E-state index in [0.717, 1.165) is 18.9 Å². The average Bonchev–Trinajstić information content (AvgIpc) is 3.44. The summed E-state index contributed by atoms with van der Waals surface area (Å²) < 4.78 is 21.0. The van der Waals surface area contributed by atoms with Gasteiger partial charge in [-0.2, -0.15) is 9.78 Å². The average molecular weight is 454 g/mol. The molecule has 1 amide bonds. The van der Waals surface area contributed by atoms with Crippen molar-refractivity contribution in [1.82, 2.24) is 19.7 Å². The smallest absolute Gasteiger partial charge is 0.261 e. The van der Waals surface area contributed by atoms with Gasteiger partial charge in [0.05, 0.1) is 22.5 Å². The van der Waals surface area contributed by atoms with Gasteiger partial charge in [-0.3, -0.25) is 14.6 Å². The van der Waals surface area contributed by atoms with Crippen LogP contribution in [0, 0.1) is 5.82 Å². The summed E-state index contributed by atoms with van der Waals surface area (Å²) in [5.74, 6) is -0.764. The number of hydrogen-bond donors (Lipinski definition) is 2. The van der Waals surface area contributed by atoms with Gasteiger partial charge in [-0.15, -0.1) is 0 Å². The Kier molecular flexibility index (Phi) is 5.10. The number of H-pyrrole nitrogens is 1. The van der Waals surface area contributed by atoms with Crippen LogP contribution in [-0.4, -0.2) is 25.7 Å². The number of rotatable bonds is 4. The van der Waals surface area contributed by atoms with Gasteiger partial charge >= 0.3 is 0 Å². The Morgan fingerprint density at radius 3 is 2.84 bits per heavy atom. The second-order valence-electron chi connectivity index (χ2n) is 7.38. The van der Waals surface area contributed by atoms with Crippen LogP contribution in [0.15, 0.2) is 51.9 Å². The number of amides is 1. The van der Waals surface area contributed by atoms with E-state index in [4.69, 9.17) is 16.0 Å². The standard InChI is InChI=1S/C22H17ClFN5O3/c23-13-6-3-7-14(24)19(13)21(31)26-18-11-16(17-9-4-10-32-17)28-29(18)22-25-15-8-2-1-5-12(15)20(30)27-22/h3-4,6-7,9-11H,1-2,5,8H2,(H,26,31)(H,25,27,30). The van der Waals surface area contributed by atoms with Gasteiger partial charge in [0.15, 0.2) is 5.76 Å². The van der Waals surface area contributed by atoms with E-state index in [1.165, 1.54) is 23.1 Å². The first kappa shape index (κ1) is 20.2. The lowest BCUT2D eigenvalue weighted by Gasteiger charge is -2.15. The van der Waals surface area contributed by atoms with Crippen LogP contribution >= 0.6 is 11.6 Å². The number of hydrogen-bond acceptors (Lipinski definition) is 5. The fraction of sp³-hybridized carbons (Fsp3) is 0.182. The number of halogens is 2. The molecule has 0 saturated carbocycles. The van der Waals surface area contributed by atoms with E-state index in [-0.39, 0.29) is 27.9 Å². The molecule has 3 aromatic heterocycles. The number of aromatic amines is 1. The van der Waals surface area contributed by atoms with Gasteiger partial charge in [0.1, 0.15) is 17.3 Å². The molecule has 0 unspecified atom stereocenters. The molecule has 0 saturated heterocycles. The molecule has 0 radical (unpaired) electrons. The summed E-state index contributed by atoms with van der Waals surface area (Å²) in [6, 6.07) is 8.93. The third-order valence-corrected chi connectivity index (χ3v) is 5.61. The molecule has 2 N–H and O–H groups in total. The molecule has 32 heavy (non-hydrogen) atoms. The minimum atomic E-state index is -0.763. The van der Waals surface area contributed by atoms with Crippen LogP contribution in [0.5, 0.6) is 0 Å². The molecule has 1 aliphatic carbocycles. The maximum absolute atomic E-state index is 14.3. The van der Waals surface area contributed by atoms with Crippen LogP contribution in [0.2, 0.25) is 5.02 Å². The van der Waals surface area contributed by atoms with Gasteiger partial charge in [0.25, 0.3) is 11.5 Å². The van der Waals surface area contributed by atoms with Gasteiger partial charge < -0.3 is 9.73 Å². The minimum absolute atomic E-state index is 0.0277. The van der Waals surface area contributed by atoms with E-state index in [0.29, 0.717) is 35.6 Å². The topological polar surface area (TPSA) is 106 Å². The summed E-state index contributed by atoms with van der Waals surface area (Å²) in [6.07, 6.45) is 4.72. The third-order valence-electron chi connectivity index (χ3n) is 5.29. The van der Waals surface area contributed by atoms with E-state index in [1.54, 1.807) is 18.2 Å². The zero-order chi connectivity index (χ0) is 22.2. The van der Waals surface area contributed by atoms with E-state index in [9.17, 15) is 14.0 Å². The summed E-state index contributed by atoms with van der Waals surface area (Å²) in [4.78, 5) is 32.8. The Balaban J connectivity index is 1.61. The molecule has 4 aromatic rings. The molecule has 0 bridgehead atoms. The number of carbonyl (C=O) groups excluding carboxylic acids is 1. The van der Waals surface area contributed by atoms with Gasteiger partial charge in [-0.1, -0.05) is 17.7 Å². The number of benzene rings is 1. The van der Waals surface area contributed by atoms with Crippen LogP contribution in [-0.2, 0) is 12.8 Å². The monoisotopic (exact) mass is 453 g/mol. The van der Waals surface area contributed by atoms with Gasteiger partial charge in [0.2, 0.25) is 5.95 Å². The van der Waals surface area contributed by atoms with Crippen molar-refractivity contribution >= 4 is 23.3 Å². The Morgan fingerprint density at radius 1 is 1.22 bits per heavy atom. The van der Waals surface area contributed by atoms with Crippen molar-refractivity contribution in [1.29, 1.82) is 0 Å². The van der Waals surface area contributed by atoms with Crippen LogP contribution < -0.4 is 10.9 Å². The van der Waals surface area contributed by atoms with Crippen molar-refractivity contribution < 1.29 is 13.6 Å². The van der Waals surface area contributed by atoms with Crippen molar-refractivity contribution in [2.45, 2.75) is 25.7 Å². The zero-order valence-electron chi connectivity index (χ0n) is 16.7. The predicted molar refractivity (Wildman–Crippen MR) is 116 cm³/mol. The van der Waals surface area contributed by atoms with Crippen molar-refractivity contribution in [2.75, 3.05) is 5.32 Å². The van der Waals surface area contributed by atoms with Crippen LogP contribution in [0.1, 0.15) is 34.5 Å². The summed E-state index contributed by atoms with van der Waals surface area (Å²) in [5, 5.41) is 7.05. The zero-order valence-corrected chi connectivity index (χ0v) is 17.4. The molecule has 10 heteroatoms. The van der Waals surface area contributed by atoms with E-state index >= 15 is 0 Å². The molecule has 0 fully saturated rings. The van der Waals surface area contributed by atoms with Crippen molar-refractivity contribution in [3.05, 3.63) is 80.7 Å². The number of nitrogens with one attached hydrogen (secondary N) is 2. The highest BCUT2D eigenvalue weighted by molar-refractivity contribution is 6.34. The molecule has 1 aromatic carbocycles. The van der Waals surface area contributed by atoms with Gasteiger partial charge in [0, 0.05) is 11.6 Å². The minimum Gasteiger partial charge on any atom is -0.463 e. The lowest BCUT2D eigenvalue weighted by Crippen LogP contribution is -2.25. The summed E-state index contributed by atoms with van der Waals surface area (Å²) in [6.45, 7) is 0. The first-order chi connectivity index (χ1) is 15.5. The highest BCUT2D eigenvalue weighted by Gasteiger charge is 2.22. The van der Waals surface area contributed by atoms with E-state index < -0.39 is 11.7 Å². The molecule has 0 atom stereocenters. The molecule has 0 aliphatic heterocycles. The molecular weight excluding hydrogens is 437 g/mol. The molecule has 5 rings (SSSR count). The number of carbonyl (C=O) groups is 1. The quantitative estimate of drug-likeness (QED) is 0.483. The molecule has 8 nitrogen and oxygen atoms in total. The Morgan fingerprint density at radius 2 is 2.06 bits per heavy atom. The number of aromatic nitrogens is 4. The largest absolute Gasteiger partial charge is 0.463 e. The van der Waals surface area contributed by atoms with Crippen LogP contribution in [0.4, 0.5) is 10.2 Å². The fourth-order valence-electron chi connectivity index (χ4n) is 3.76. The van der Waals surface area contributed by atoms with Crippen LogP contribution in [0.3, 0.4) is 0 Å². The lowest BCUT2D eigenvalue weighted by atomic mass is 9.97. The molecule has 1 aliphatic rings. The fourth-order valence-corrected chi connectivity index (χ4v) is 4.01. The SMILES string of the molecule is O=C(Nc1cc(-c2ccco2)nn1-c1nc2c(c(=O)[nH]1)CCCC2)c1c(F)cccc1Cl. The summed E-state index contributed by atoms with van der Waals surface area (Å²) in [5.41, 5.74) is 1.23. The first-order valence-corrected chi connectivity index (χ1v) is 10.4. The maximum Gasteiger partial charge on any atom is 0.261 e. The number of nitrogens with zero attached hydrogens (tertiary/aromatic N) is 3. The van der Waals surface area contributed by atoms with Crippen molar-refractivity contribution in [2.24, 2.45) is 0 Å². The predicted octanol–water partition coefficient (Wildman–Crippen LogP) is 4.14. The molecule has 3 heterocycles. The summed E-state index contributed by atoms with van der Waals surface area (Å²) in [7, 11) is 0. The van der Waals surface area contributed by atoms with Gasteiger partial charge in [-0.25, -0.2) is 9.37 Å². The van der Waals surface area contributed by atoms with Gasteiger partial charge in [-0.05, 0) is 49.9 Å². The normalized spacial score (nSPS) is 13.1. The van der Waals surface area contributed by atoms with Crippen molar-refractivity contribution in [3.63, 3.8) is 0 Å². The summed E-state index contributed by atoms with van der Waals surface area (Å²) >= 11 is 6.04. The number of aryl methyl sites for hydroxylation is 1. The number of fused-ring (bicyclic) bond motifs is 1. The highest BCUT2D eigenvalue weighted by atomic mass is 35.5. The Bertz CT molecular complexity index is 1360. The van der Waals surface area contributed by atoms with Crippen molar-refractivity contribution in [3.8, 4) is 17.4 Å². The molecule has 0 spiro atoms. The Labute approximate surface area is 186 Å². The van der Waals surface area contributed by atoms with E-state index in [1.807, 2.05) is 0 Å². The highest BCUT2D eigenvalue weighted by Crippen LogP contribution is 2.26. The van der Waals surface area contributed by atoms with E-state index in [2.05, 4.69) is 20.4 Å². The maximum atomic E-state index is 14.3. The Hall–Kier alpha value is -3.72. The third kappa shape index (κ3) is 3.60. The number of furan rings is 1. The lowest BCUT2D eigenvalue weighted by molar-refractivity contribution is 0.102. The number of anilines is 1.